The summed E-state index contributed by atoms with van der Waals surface area (Å²) in [5, 5.41) is 0. The molecular formula is C32H56O6. The third-order valence-corrected chi connectivity index (χ3v) is 9.86. The zero-order chi connectivity index (χ0) is 28.7. The summed E-state index contributed by atoms with van der Waals surface area (Å²) >= 11 is 0. The van der Waals surface area contributed by atoms with E-state index in [2.05, 4.69) is 41.5 Å². The summed E-state index contributed by atoms with van der Waals surface area (Å²) in [7, 11) is 0. The van der Waals surface area contributed by atoms with Gasteiger partial charge in [-0.25, -0.2) is 0 Å². The van der Waals surface area contributed by atoms with Crippen molar-refractivity contribution in [2.45, 2.75) is 164 Å². The van der Waals surface area contributed by atoms with Crippen molar-refractivity contribution in [2.24, 2.45) is 27.1 Å². The average Bonchev–Trinajstić information content (AvgIpc) is 3.74. The van der Waals surface area contributed by atoms with Crippen LogP contribution >= 0.6 is 0 Å². The molecule has 0 aromatic carbocycles. The molecule has 3 rings (SSSR count). The largest absolute Gasteiger partial charge is 0.293 e. The Labute approximate surface area is 232 Å². The first-order chi connectivity index (χ1) is 17.3. The van der Waals surface area contributed by atoms with E-state index in [9.17, 15) is 9.59 Å². The zero-order valence-corrected chi connectivity index (χ0v) is 26.1. The Morgan fingerprint density at radius 2 is 0.895 bits per heavy atom. The van der Waals surface area contributed by atoms with Crippen molar-refractivity contribution in [3.63, 3.8) is 0 Å². The third kappa shape index (κ3) is 6.56. The van der Waals surface area contributed by atoms with Gasteiger partial charge in [-0.3, -0.25) is 9.59 Å². The van der Waals surface area contributed by atoms with Crippen LogP contribution in [0.4, 0.5) is 0 Å². The summed E-state index contributed by atoms with van der Waals surface area (Å²) in [4.78, 5) is 50.4. The molecule has 0 aromatic heterocycles. The summed E-state index contributed by atoms with van der Waals surface area (Å²) in [5.41, 5.74) is -1.68. The van der Waals surface area contributed by atoms with E-state index in [1.165, 1.54) is 0 Å². The van der Waals surface area contributed by atoms with E-state index in [-0.39, 0.29) is 22.4 Å². The Morgan fingerprint density at radius 1 is 0.553 bits per heavy atom. The van der Waals surface area contributed by atoms with Crippen molar-refractivity contribution in [1.82, 2.24) is 0 Å². The predicted molar refractivity (Wildman–Crippen MR) is 149 cm³/mol. The molecule has 2 aliphatic heterocycles. The number of hydrogen-bond donors (Lipinski definition) is 0. The van der Waals surface area contributed by atoms with Gasteiger partial charge in [-0.05, 0) is 54.8 Å². The van der Waals surface area contributed by atoms with Crippen LogP contribution in [0.2, 0.25) is 0 Å². The lowest BCUT2D eigenvalue weighted by Crippen LogP contribution is -2.60. The second-order valence-electron chi connectivity index (χ2n) is 15.9. The maximum absolute atomic E-state index is 14.3. The average molecular weight is 537 g/mol. The highest BCUT2D eigenvalue weighted by Gasteiger charge is 2.71. The smallest absolute Gasteiger partial charge is 0.291 e. The van der Waals surface area contributed by atoms with Gasteiger partial charge in [-0.2, -0.15) is 19.6 Å². The van der Waals surface area contributed by atoms with Crippen molar-refractivity contribution in [1.29, 1.82) is 0 Å². The van der Waals surface area contributed by atoms with Crippen LogP contribution in [0.1, 0.15) is 153 Å². The molecule has 0 spiro atoms. The van der Waals surface area contributed by atoms with Gasteiger partial charge in [0.1, 0.15) is 0 Å². The van der Waals surface area contributed by atoms with Crippen LogP contribution in [-0.2, 0) is 29.1 Å². The van der Waals surface area contributed by atoms with Crippen LogP contribution in [0.15, 0.2) is 0 Å². The van der Waals surface area contributed by atoms with E-state index in [0.717, 1.165) is 70.6 Å². The van der Waals surface area contributed by atoms with Gasteiger partial charge in [0.25, 0.3) is 11.6 Å². The van der Waals surface area contributed by atoms with Gasteiger partial charge in [-0.1, -0.05) is 101 Å². The molecule has 2 saturated heterocycles. The Bertz CT molecular complexity index is 778. The summed E-state index contributed by atoms with van der Waals surface area (Å²) < 4.78 is 0. The van der Waals surface area contributed by atoms with Gasteiger partial charge in [0.05, 0.1) is 0 Å². The van der Waals surface area contributed by atoms with Crippen LogP contribution in [0.25, 0.3) is 0 Å². The van der Waals surface area contributed by atoms with E-state index in [1.54, 1.807) is 0 Å². The minimum absolute atomic E-state index is 0.0274. The quantitative estimate of drug-likeness (QED) is 0.125. The van der Waals surface area contributed by atoms with Gasteiger partial charge >= 0.3 is 0 Å². The number of ketones is 2. The molecule has 0 bridgehead atoms. The summed E-state index contributed by atoms with van der Waals surface area (Å²) in [6.07, 6.45) is 11.8. The molecule has 0 amide bonds. The lowest BCUT2D eigenvalue weighted by atomic mass is 9.45. The molecule has 3 aliphatic rings. The first kappa shape index (κ1) is 31.7. The van der Waals surface area contributed by atoms with E-state index in [0.29, 0.717) is 12.8 Å². The van der Waals surface area contributed by atoms with Crippen molar-refractivity contribution >= 4 is 11.6 Å². The lowest BCUT2D eigenvalue weighted by Gasteiger charge is -2.57. The molecule has 220 valence electrons. The Kier molecular flexibility index (Phi) is 9.07. The number of hydrogen-bond acceptors (Lipinski definition) is 6. The fourth-order valence-corrected chi connectivity index (χ4v) is 7.25. The minimum Gasteiger partial charge on any atom is -0.293 e. The molecule has 0 aromatic rings. The molecule has 6 heteroatoms. The first-order valence-electron chi connectivity index (χ1n) is 15.2. The monoisotopic (exact) mass is 536 g/mol. The zero-order valence-electron chi connectivity index (χ0n) is 26.1. The van der Waals surface area contributed by atoms with Crippen LogP contribution < -0.4 is 0 Å². The molecule has 0 atom stereocenters. The molecule has 1 saturated carbocycles. The van der Waals surface area contributed by atoms with Crippen molar-refractivity contribution < 1.29 is 29.1 Å². The standard InChI is InChI=1S/C32H56O6/c1-26(2,3)18-14-16-22-31(35-36-31)24(33)28(7,8)30(20-12-11-13-21-30)29(9,10)25(34)32(37-38-32)23-17-15-19-27(4,5)6/h11-23H2,1-10H3. The maximum Gasteiger partial charge on any atom is 0.291 e. The molecule has 38 heavy (non-hydrogen) atoms. The predicted octanol–water partition coefficient (Wildman–Crippen LogP) is 8.66. The van der Waals surface area contributed by atoms with Gasteiger partial charge < -0.3 is 0 Å². The summed E-state index contributed by atoms with van der Waals surface area (Å²) in [5.74, 6) is -2.41. The summed E-state index contributed by atoms with van der Waals surface area (Å²) in [6.45, 7) is 21.5. The van der Waals surface area contributed by atoms with E-state index in [1.807, 2.05) is 27.7 Å². The number of Topliss-reactive ketones (excluding diaryl/α,β-unsaturated/α-hetero) is 2. The second-order valence-corrected chi connectivity index (χ2v) is 15.9. The topological polar surface area (TPSA) is 84.3 Å². The van der Waals surface area contributed by atoms with Crippen LogP contribution in [0.3, 0.4) is 0 Å². The maximum atomic E-state index is 14.3. The van der Waals surface area contributed by atoms with E-state index in [4.69, 9.17) is 19.6 Å². The van der Waals surface area contributed by atoms with Crippen LogP contribution in [-0.4, -0.2) is 23.1 Å². The fraction of sp³-hybridized carbons (Fsp3) is 0.938. The van der Waals surface area contributed by atoms with Crippen LogP contribution in [0.5, 0.6) is 0 Å². The highest BCUT2D eigenvalue weighted by molar-refractivity contribution is 5.96. The Morgan fingerprint density at radius 3 is 1.18 bits per heavy atom. The number of carbonyl (C=O) groups excluding carboxylic acids is 2. The van der Waals surface area contributed by atoms with Crippen LogP contribution in [0, 0.1) is 27.1 Å². The fourth-order valence-electron chi connectivity index (χ4n) is 7.25. The third-order valence-electron chi connectivity index (χ3n) is 9.86. The van der Waals surface area contributed by atoms with Gasteiger partial charge in [-0.15, -0.1) is 0 Å². The molecule has 3 fully saturated rings. The molecule has 6 nitrogen and oxygen atoms in total. The van der Waals surface area contributed by atoms with E-state index >= 15 is 0 Å². The SMILES string of the molecule is CC(C)(C)CCCCC1(C(=O)C(C)(C)C2(C(C)(C)C(=O)C3(CCCCC(C)(C)C)OO3)CCCCC2)OO1. The van der Waals surface area contributed by atoms with Gasteiger partial charge in [0.15, 0.2) is 0 Å². The van der Waals surface area contributed by atoms with Crippen molar-refractivity contribution in [3.8, 4) is 0 Å². The highest BCUT2D eigenvalue weighted by atomic mass is 17.4. The molecular weight excluding hydrogens is 480 g/mol. The van der Waals surface area contributed by atoms with Crippen molar-refractivity contribution in [2.75, 3.05) is 0 Å². The van der Waals surface area contributed by atoms with Crippen molar-refractivity contribution in [3.05, 3.63) is 0 Å². The Hall–Kier alpha value is -0.820. The minimum atomic E-state index is -1.18. The lowest BCUT2D eigenvalue weighted by molar-refractivity contribution is -0.166. The molecule has 2 heterocycles. The number of unbranched alkanes of at least 4 members (excludes halogenated alkanes) is 2. The second kappa shape index (κ2) is 10.9. The molecule has 0 radical (unpaired) electrons. The first-order valence-corrected chi connectivity index (χ1v) is 15.2. The summed E-state index contributed by atoms with van der Waals surface area (Å²) in [6, 6.07) is 0. The van der Waals surface area contributed by atoms with Gasteiger partial charge in [0, 0.05) is 23.7 Å². The molecule has 1 aliphatic carbocycles. The number of carbonyl (C=O) groups is 2. The molecule has 0 N–H and O–H groups in total. The molecule has 0 unspecified atom stereocenters. The highest BCUT2D eigenvalue weighted by Crippen LogP contribution is 2.64. The van der Waals surface area contributed by atoms with E-state index < -0.39 is 27.8 Å². The normalized spacial score (nSPS) is 22.7. The Balaban J connectivity index is 1.79. The van der Waals surface area contributed by atoms with Gasteiger partial charge in [0.2, 0.25) is 11.6 Å². The number of rotatable bonds is 14.